The minimum Gasteiger partial charge on any atom is -0.491 e. The van der Waals surface area contributed by atoms with Crippen molar-refractivity contribution in [3.63, 3.8) is 0 Å². The van der Waals surface area contributed by atoms with Crippen molar-refractivity contribution in [3.8, 4) is 28.4 Å². The summed E-state index contributed by atoms with van der Waals surface area (Å²) in [6, 6.07) is 24.9. The van der Waals surface area contributed by atoms with E-state index in [0.29, 0.717) is 0 Å². The summed E-state index contributed by atoms with van der Waals surface area (Å²) in [5.41, 5.74) is 4.42. The number of carbonyl (C=O) groups is 6. The molecule has 1 heterocycles. The maximum absolute atomic E-state index is 12.9. The monoisotopic (exact) mass is 930 g/mol. The molecule has 0 radical (unpaired) electrons. The molecule has 0 unspecified atom stereocenters. The van der Waals surface area contributed by atoms with Crippen LogP contribution in [0, 0.1) is 10.1 Å². The van der Waals surface area contributed by atoms with Crippen LogP contribution in [0.3, 0.4) is 0 Å². The number of hydrogen-bond donors (Lipinski definition) is 1. The van der Waals surface area contributed by atoms with Crippen LogP contribution < -0.4 is 19.5 Å². The number of alkyl carbamates (subject to hydrolysis) is 1. The summed E-state index contributed by atoms with van der Waals surface area (Å²) in [7, 11) is 1.04. The smallest absolute Gasteiger partial charge is 0.491 e. The first-order valence-corrected chi connectivity index (χ1v) is 20.6. The highest BCUT2D eigenvalue weighted by molar-refractivity contribution is 5.79. The predicted octanol–water partition coefficient (Wildman–Crippen LogP) is 5.32. The standard InChI is InChI=1S/C46H46N2O19/c1-26(49)62-39-40(63-27(2)50)42(64-28(3)51)44(67-41(39)43(52)57-4)65-32-16-13-29(24-61-46(54)66-31-17-14-30(15-18-31)48(55)56)38(23-32)59-22-21-58-20-19-47-45(53)60-25-37-35-11-7-5-9-33(35)34-10-6-8-12-36(34)37/h5-18,23,37,39-42,44H,19-22,24-25H2,1-4H3,(H,47,53)/t39-,40-,41-,42+,44+/m0/s1. The molecule has 6 rings (SSSR count). The van der Waals surface area contributed by atoms with Gasteiger partial charge in [-0.15, -0.1) is 0 Å². The summed E-state index contributed by atoms with van der Waals surface area (Å²) in [5, 5.41) is 13.7. The molecule has 1 aliphatic carbocycles. The minimum absolute atomic E-state index is 0.00259. The molecule has 0 saturated carbocycles. The van der Waals surface area contributed by atoms with Crippen LogP contribution in [0.25, 0.3) is 11.1 Å². The van der Waals surface area contributed by atoms with E-state index >= 15 is 0 Å². The zero-order chi connectivity index (χ0) is 48.0. The van der Waals surface area contributed by atoms with E-state index in [9.17, 15) is 38.9 Å². The van der Waals surface area contributed by atoms with Crippen LogP contribution in [0.5, 0.6) is 17.2 Å². The number of nitro groups is 1. The third-order valence-corrected chi connectivity index (χ3v) is 10.1. The molecule has 0 spiro atoms. The van der Waals surface area contributed by atoms with Crippen molar-refractivity contribution in [2.24, 2.45) is 0 Å². The Morgan fingerprint density at radius 1 is 0.716 bits per heavy atom. The van der Waals surface area contributed by atoms with E-state index in [1.54, 1.807) is 0 Å². The first-order valence-electron chi connectivity index (χ1n) is 20.6. The van der Waals surface area contributed by atoms with Crippen molar-refractivity contribution in [2.75, 3.05) is 40.1 Å². The van der Waals surface area contributed by atoms with Crippen LogP contribution >= 0.6 is 0 Å². The van der Waals surface area contributed by atoms with Crippen molar-refractivity contribution in [3.05, 3.63) is 118 Å². The molecule has 1 aliphatic heterocycles. The van der Waals surface area contributed by atoms with E-state index < -0.39 is 78.4 Å². The molecule has 67 heavy (non-hydrogen) atoms. The molecule has 1 saturated heterocycles. The van der Waals surface area contributed by atoms with Crippen LogP contribution in [0.2, 0.25) is 0 Å². The quantitative estimate of drug-likeness (QED) is 0.0312. The van der Waals surface area contributed by atoms with Crippen LogP contribution in [-0.4, -0.2) is 112 Å². The zero-order valence-electron chi connectivity index (χ0n) is 36.6. The molecule has 1 amide bonds. The van der Waals surface area contributed by atoms with E-state index in [1.807, 2.05) is 48.5 Å². The number of methoxy groups -OCH3 is 1. The van der Waals surface area contributed by atoms with Gasteiger partial charge in [0, 0.05) is 57.0 Å². The molecular formula is C46H46N2O19. The van der Waals surface area contributed by atoms with Gasteiger partial charge in [0.25, 0.3) is 5.69 Å². The maximum Gasteiger partial charge on any atom is 0.514 e. The van der Waals surface area contributed by atoms with Gasteiger partial charge in [0.05, 0.1) is 25.2 Å². The van der Waals surface area contributed by atoms with Gasteiger partial charge in [-0.2, -0.15) is 0 Å². The topological polar surface area (TPSA) is 259 Å². The van der Waals surface area contributed by atoms with Gasteiger partial charge < -0.3 is 57.4 Å². The Balaban J connectivity index is 1.10. The number of carbonyl (C=O) groups excluding carboxylic acids is 6. The summed E-state index contributed by atoms with van der Waals surface area (Å²) in [6.07, 6.45) is -10.0. The SMILES string of the molecule is COC(=O)[C@H]1O[C@@H](Oc2ccc(COC(=O)Oc3ccc([N+](=O)[O-])cc3)c(OCCOCCNC(=O)OCC3c4ccccc4-c4ccccc43)c2)[C@H](OC(C)=O)[C@@H](OC(C)=O)[C@@H]1OC(C)=O. The summed E-state index contributed by atoms with van der Waals surface area (Å²) in [6.45, 7) is 2.97. The van der Waals surface area contributed by atoms with Crippen molar-refractivity contribution >= 4 is 41.8 Å². The van der Waals surface area contributed by atoms with Gasteiger partial charge in [-0.1, -0.05) is 48.5 Å². The number of fused-ring (bicyclic) bond motifs is 3. The van der Waals surface area contributed by atoms with Crippen LogP contribution in [-0.2, 0) is 63.7 Å². The lowest BCUT2D eigenvalue weighted by Gasteiger charge is -2.43. The molecule has 21 nitrogen and oxygen atoms in total. The van der Waals surface area contributed by atoms with Crippen molar-refractivity contribution in [1.82, 2.24) is 5.32 Å². The fraction of sp³-hybridized carbons (Fsp3) is 0.348. The lowest BCUT2D eigenvalue weighted by atomic mass is 9.97. The lowest BCUT2D eigenvalue weighted by molar-refractivity contribution is -0.384. The second-order valence-corrected chi connectivity index (χ2v) is 14.7. The van der Waals surface area contributed by atoms with Gasteiger partial charge >= 0.3 is 36.1 Å². The number of ether oxygens (including phenoxy) is 11. The molecule has 4 aromatic carbocycles. The van der Waals surface area contributed by atoms with Gasteiger partial charge in [0.1, 0.15) is 37.1 Å². The van der Waals surface area contributed by atoms with Crippen molar-refractivity contribution in [2.45, 2.75) is 64.0 Å². The number of hydrogen-bond acceptors (Lipinski definition) is 19. The predicted molar refractivity (Wildman–Crippen MR) is 228 cm³/mol. The van der Waals surface area contributed by atoms with E-state index in [4.69, 9.17) is 52.1 Å². The number of nitro benzene ring substituents is 1. The summed E-state index contributed by atoms with van der Waals surface area (Å²) in [4.78, 5) is 85.2. The Labute approximate surface area is 382 Å². The van der Waals surface area contributed by atoms with Crippen molar-refractivity contribution < 1.29 is 85.8 Å². The largest absolute Gasteiger partial charge is 0.514 e. The number of nitrogens with zero attached hydrogens (tertiary/aromatic N) is 1. The third kappa shape index (κ3) is 12.9. The Morgan fingerprint density at radius 3 is 1.96 bits per heavy atom. The number of esters is 4. The molecule has 5 atom stereocenters. The van der Waals surface area contributed by atoms with Crippen molar-refractivity contribution in [1.29, 1.82) is 0 Å². The summed E-state index contributed by atoms with van der Waals surface area (Å²) >= 11 is 0. The molecule has 2 aliphatic rings. The van der Waals surface area contributed by atoms with Gasteiger partial charge in [-0.05, 0) is 46.5 Å². The zero-order valence-corrected chi connectivity index (χ0v) is 36.6. The molecular weight excluding hydrogens is 885 g/mol. The molecule has 4 aromatic rings. The average molecular weight is 931 g/mol. The second-order valence-electron chi connectivity index (χ2n) is 14.7. The number of nitrogens with one attached hydrogen (secondary N) is 1. The maximum atomic E-state index is 12.9. The van der Waals surface area contributed by atoms with E-state index in [1.165, 1.54) is 30.3 Å². The lowest BCUT2D eigenvalue weighted by Crippen LogP contribution is -2.64. The van der Waals surface area contributed by atoms with Crippen LogP contribution in [0.4, 0.5) is 15.3 Å². The highest BCUT2D eigenvalue weighted by Crippen LogP contribution is 2.44. The summed E-state index contributed by atoms with van der Waals surface area (Å²) < 4.78 is 60.6. The van der Waals surface area contributed by atoms with E-state index in [-0.39, 0.29) is 67.4 Å². The Bertz CT molecular complexity index is 2400. The fourth-order valence-corrected chi connectivity index (χ4v) is 7.26. The number of amides is 1. The molecule has 0 aromatic heterocycles. The number of rotatable bonds is 19. The molecule has 0 bridgehead atoms. The highest BCUT2D eigenvalue weighted by atomic mass is 16.7. The van der Waals surface area contributed by atoms with Gasteiger partial charge in [-0.3, -0.25) is 24.5 Å². The summed E-state index contributed by atoms with van der Waals surface area (Å²) in [5.74, 6) is -3.76. The normalized spacial score (nSPS) is 18.2. The third-order valence-electron chi connectivity index (χ3n) is 10.1. The molecule has 1 fully saturated rings. The van der Waals surface area contributed by atoms with E-state index in [2.05, 4.69) is 5.32 Å². The highest BCUT2D eigenvalue weighted by Gasteiger charge is 2.56. The number of non-ortho nitro benzene ring substituents is 1. The number of benzene rings is 4. The van der Waals surface area contributed by atoms with Gasteiger partial charge in [-0.25, -0.2) is 14.4 Å². The Kier molecular flexibility index (Phi) is 16.6. The minimum atomic E-state index is -1.73. The molecule has 21 heteroatoms. The Morgan fingerprint density at radius 2 is 1.33 bits per heavy atom. The van der Waals surface area contributed by atoms with Crippen LogP contribution in [0.1, 0.15) is 43.4 Å². The second kappa shape index (κ2) is 22.9. The first-order chi connectivity index (χ1) is 32.2. The molecule has 1 N–H and O–H groups in total. The van der Waals surface area contributed by atoms with Gasteiger partial charge in [0.2, 0.25) is 12.4 Å². The fourth-order valence-electron chi connectivity index (χ4n) is 7.26. The average Bonchev–Trinajstić information content (AvgIpc) is 3.62. The Hall–Kier alpha value is -7.78. The van der Waals surface area contributed by atoms with E-state index in [0.717, 1.165) is 62.3 Å². The molecule has 354 valence electrons. The first kappa shape index (κ1) is 48.7. The van der Waals surface area contributed by atoms with Gasteiger partial charge in [0.15, 0.2) is 18.3 Å². The van der Waals surface area contributed by atoms with Crippen LogP contribution in [0.15, 0.2) is 91.0 Å².